The molecule has 6 heteroatoms. The molecule has 1 spiro atoms. The minimum absolute atomic E-state index is 0.0441. The molecule has 6 nitrogen and oxygen atoms in total. The topological polar surface area (TPSA) is 70.7 Å². The molecule has 0 unspecified atom stereocenters. The van der Waals surface area contributed by atoms with Crippen LogP contribution in [0, 0.1) is 5.41 Å². The number of carbonyl (C=O) groups excluding carboxylic acids is 2. The van der Waals surface area contributed by atoms with Gasteiger partial charge in [0.05, 0.1) is 13.2 Å². The summed E-state index contributed by atoms with van der Waals surface area (Å²) >= 11 is 0. The van der Waals surface area contributed by atoms with Crippen LogP contribution in [0.4, 0.5) is 0 Å². The fourth-order valence-electron chi connectivity index (χ4n) is 5.01. The third-order valence-corrected chi connectivity index (χ3v) is 7.01. The quantitative estimate of drug-likeness (QED) is 0.626. The molecule has 1 aromatic carbocycles. The van der Waals surface area contributed by atoms with Crippen molar-refractivity contribution < 1.29 is 14.3 Å². The Balaban J connectivity index is 1.38. The lowest BCUT2D eigenvalue weighted by molar-refractivity contribution is -0.140. The van der Waals surface area contributed by atoms with E-state index in [-0.39, 0.29) is 23.8 Å². The number of carbonyl (C=O) groups is 2. The van der Waals surface area contributed by atoms with E-state index in [1.54, 1.807) is 6.92 Å². The average molecular weight is 450 g/mol. The first-order chi connectivity index (χ1) is 16.1. The van der Waals surface area contributed by atoms with Crippen LogP contribution in [0.5, 0.6) is 0 Å². The highest BCUT2D eigenvalue weighted by Crippen LogP contribution is 2.45. The van der Waals surface area contributed by atoms with E-state index in [4.69, 9.17) is 4.74 Å². The molecule has 0 bridgehead atoms. The normalized spacial score (nSPS) is 21.1. The molecule has 1 aromatic rings. The minimum atomic E-state index is -0.654. The van der Waals surface area contributed by atoms with Crippen LogP contribution in [0.3, 0.4) is 0 Å². The van der Waals surface area contributed by atoms with Crippen LogP contribution in [-0.4, -0.2) is 49.0 Å². The van der Waals surface area contributed by atoms with Crippen molar-refractivity contribution in [1.82, 2.24) is 15.5 Å². The number of ether oxygens (including phenoxy) is 1. The van der Waals surface area contributed by atoms with Gasteiger partial charge >= 0.3 is 0 Å². The predicted molar refractivity (Wildman–Crippen MR) is 129 cm³/mol. The van der Waals surface area contributed by atoms with Crippen LogP contribution in [0.25, 0.3) is 0 Å². The Bertz CT molecular complexity index is 927. The Labute approximate surface area is 196 Å². The van der Waals surface area contributed by atoms with E-state index >= 15 is 0 Å². The van der Waals surface area contributed by atoms with E-state index in [9.17, 15) is 9.59 Å². The van der Waals surface area contributed by atoms with Crippen molar-refractivity contribution in [2.45, 2.75) is 51.7 Å². The van der Waals surface area contributed by atoms with Crippen molar-refractivity contribution >= 4 is 11.8 Å². The van der Waals surface area contributed by atoms with E-state index < -0.39 is 6.04 Å². The minimum Gasteiger partial charge on any atom is -0.384 e. The van der Waals surface area contributed by atoms with Crippen molar-refractivity contribution in [1.29, 1.82) is 0 Å². The lowest BCUT2D eigenvalue weighted by Gasteiger charge is -2.41. The van der Waals surface area contributed by atoms with Gasteiger partial charge in [0, 0.05) is 37.2 Å². The van der Waals surface area contributed by atoms with Crippen molar-refractivity contribution in [2.75, 3.05) is 26.2 Å². The van der Waals surface area contributed by atoms with Crippen LogP contribution >= 0.6 is 0 Å². The number of amides is 2. The summed E-state index contributed by atoms with van der Waals surface area (Å²) in [4.78, 5) is 27.4. The first-order valence-electron chi connectivity index (χ1n) is 12.1. The number of hydrogen-bond acceptors (Lipinski definition) is 4. The van der Waals surface area contributed by atoms with Gasteiger partial charge in [-0.05, 0) is 42.9 Å². The summed E-state index contributed by atoms with van der Waals surface area (Å²) in [6.45, 7) is 4.72. The van der Waals surface area contributed by atoms with Crippen molar-refractivity contribution in [2.24, 2.45) is 5.41 Å². The lowest BCUT2D eigenvalue weighted by Crippen LogP contribution is -2.54. The molecule has 176 valence electrons. The second-order valence-corrected chi connectivity index (χ2v) is 9.14. The highest BCUT2D eigenvalue weighted by molar-refractivity contribution is 5.87. The van der Waals surface area contributed by atoms with E-state index in [0.29, 0.717) is 26.1 Å². The summed E-state index contributed by atoms with van der Waals surface area (Å²) in [5.41, 5.74) is 3.90. The Morgan fingerprint density at radius 3 is 2.70 bits per heavy atom. The zero-order valence-corrected chi connectivity index (χ0v) is 19.5. The monoisotopic (exact) mass is 449 g/mol. The zero-order valence-electron chi connectivity index (χ0n) is 19.5. The highest BCUT2D eigenvalue weighted by atomic mass is 16.5. The number of piperidine rings is 1. The molecule has 3 aliphatic rings. The van der Waals surface area contributed by atoms with Gasteiger partial charge < -0.3 is 20.3 Å². The molecule has 2 heterocycles. The number of nitrogens with one attached hydrogen (secondary N) is 2. The molecule has 0 saturated carbocycles. The molecular weight excluding hydrogens is 414 g/mol. The maximum atomic E-state index is 13.4. The van der Waals surface area contributed by atoms with Crippen molar-refractivity contribution in [3.8, 4) is 0 Å². The fraction of sp³-hybridized carbons (Fsp3) is 0.481. The standard InChI is InChI=1S/C27H35N3O3/c1-2-25(31)29-24(19-33-18-21-10-6-5-7-11-21)26(32)30-16-14-27(15-17-30)20-28-23-13-9-4-3-8-12-22(23)27/h3,5-11,13,24,28H,2,4,12,14-20H2,1H3,(H,29,31)/b8-3-,13-9?/t24-/m1/s1. The van der Waals surface area contributed by atoms with E-state index in [1.807, 2.05) is 35.2 Å². The Morgan fingerprint density at radius 1 is 1.15 bits per heavy atom. The summed E-state index contributed by atoms with van der Waals surface area (Å²) in [5, 5.41) is 6.49. The van der Waals surface area contributed by atoms with Gasteiger partial charge in [-0.3, -0.25) is 9.59 Å². The van der Waals surface area contributed by atoms with E-state index in [2.05, 4.69) is 34.9 Å². The summed E-state index contributed by atoms with van der Waals surface area (Å²) in [7, 11) is 0. The van der Waals surface area contributed by atoms with Crippen molar-refractivity contribution in [3.63, 3.8) is 0 Å². The van der Waals surface area contributed by atoms with Gasteiger partial charge in [-0.1, -0.05) is 55.5 Å². The lowest BCUT2D eigenvalue weighted by atomic mass is 9.72. The molecule has 1 aliphatic carbocycles. The van der Waals surface area contributed by atoms with Crippen LogP contribution in [-0.2, 0) is 20.9 Å². The van der Waals surface area contributed by atoms with Gasteiger partial charge in [0.15, 0.2) is 0 Å². The van der Waals surface area contributed by atoms with Crippen LogP contribution < -0.4 is 10.6 Å². The maximum Gasteiger partial charge on any atom is 0.247 e. The first-order valence-corrected chi connectivity index (χ1v) is 12.1. The molecule has 1 saturated heterocycles. The smallest absolute Gasteiger partial charge is 0.247 e. The summed E-state index contributed by atoms with van der Waals surface area (Å²) < 4.78 is 5.83. The van der Waals surface area contributed by atoms with E-state index in [0.717, 1.165) is 37.8 Å². The second kappa shape index (κ2) is 10.8. The third kappa shape index (κ3) is 5.56. The van der Waals surface area contributed by atoms with Gasteiger partial charge in [-0.25, -0.2) is 0 Å². The number of allylic oxidation sites excluding steroid dienone is 4. The number of nitrogens with zero attached hydrogens (tertiary/aromatic N) is 1. The van der Waals surface area contributed by atoms with Gasteiger partial charge in [0.25, 0.3) is 0 Å². The molecule has 2 amide bonds. The van der Waals surface area contributed by atoms with Gasteiger partial charge in [-0.15, -0.1) is 0 Å². The number of rotatable bonds is 7. The highest BCUT2D eigenvalue weighted by Gasteiger charge is 2.43. The SMILES string of the molecule is CCC(=O)N[C@H](COCc1ccccc1)C(=O)N1CCC2(CC1)CNC1=C2C/C=C\CC=C1. The van der Waals surface area contributed by atoms with E-state index in [1.165, 1.54) is 11.3 Å². The average Bonchev–Trinajstić information content (AvgIpc) is 3.14. The molecule has 33 heavy (non-hydrogen) atoms. The van der Waals surface area contributed by atoms with Crippen molar-refractivity contribution in [3.05, 3.63) is 71.5 Å². The number of hydrogen-bond donors (Lipinski definition) is 2. The summed E-state index contributed by atoms with van der Waals surface area (Å²) in [5.74, 6) is -0.176. The zero-order chi connectivity index (χ0) is 23.1. The molecule has 0 aromatic heterocycles. The molecule has 2 N–H and O–H groups in total. The molecule has 1 atom stereocenters. The number of benzene rings is 1. The molecule has 1 fully saturated rings. The Kier molecular flexibility index (Phi) is 7.65. The Hall–Kier alpha value is -2.86. The fourth-order valence-corrected chi connectivity index (χ4v) is 5.01. The molecule has 0 radical (unpaired) electrons. The Morgan fingerprint density at radius 2 is 1.94 bits per heavy atom. The van der Waals surface area contributed by atoms with Gasteiger partial charge in [0.2, 0.25) is 11.8 Å². The number of fused-ring (bicyclic) bond motifs is 1. The predicted octanol–water partition coefficient (Wildman–Crippen LogP) is 3.47. The van der Waals surface area contributed by atoms with Crippen LogP contribution in [0.1, 0.15) is 44.6 Å². The van der Waals surface area contributed by atoms with Gasteiger partial charge in [-0.2, -0.15) is 0 Å². The molecular formula is C27H35N3O3. The second-order valence-electron chi connectivity index (χ2n) is 9.14. The van der Waals surface area contributed by atoms with Gasteiger partial charge in [0.1, 0.15) is 6.04 Å². The summed E-state index contributed by atoms with van der Waals surface area (Å²) in [6, 6.07) is 9.21. The molecule has 2 aliphatic heterocycles. The summed E-state index contributed by atoms with van der Waals surface area (Å²) in [6.07, 6.45) is 13.1. The first kappa shape index (κ1) is 23.3. The van der Waals surface area contributed by atoms with Crippen LogP contribution in [0.15, 0.2) is 65.9 Å². The molecule has 4 rings (SSSR count). The maximum absolute atomic E-state index is 13.4. The third-order valence-electron chi connectivity index (χ3n) is 7.01. The van der Waals surface area contributed by atoms with Crippen LogP contribution in [0.2, 0.25) is 0 Å². The number of likely N-dealkylation sites (tertiary alicyclic amines) is 1. The largest absolute Gasteiger partial charge is 0.384 e.